The molecule has 2 aromatic carbocycles. The van der Waals surface area contributed by atoms with E-state index in [1.807, 2.05) is 36.4 Å². The van der Waals surface area contributed by atoms with Gasteiger partial charge < -0.3 is 11.1 Å². The first-order chi connectivity index (χ1) is 9.74. The summed E-state index contributed by atoms with van der Waals surface area (Å²) in [6.07, 6.45) is 3.38. The van der Waals surface area contributed by atoms with Gasteiger partial charge in [0, 0.05) is 18.2 Å². The maximum absolute atomic E-state index is 12.2. The van der Waals surface area contributed by atoms with Crippen LogP contribution in [0.2, 0.25) is 0 Å². The Kier molecular flexibility index (Phi) is 3.70. The molecule has 0 aliphatic heterocycles. The Balaban J connectivity index is 1.69. The van der Waals surface area contributed by atoms with E-state index in [9.17, 15) is 4.79 Å². The van der Waals surface area contributed by atoms with Crippen LogP contribution in [0.3, 0.4) is 0 Å². The first-order valence-electron chi connectivity index (χ1n) is 7.26. The smallest absolute Gasteiger partial charge is 0.251 e. The van der Waals surface area contributed by atoms with Crippen LogP contribution in [-0.2, 0) is 0 Å². The number of nitrogens with two attached hydrogens (primary N) is 1. The lowest BCUT2D eigenvalue weighted by atomic mass is 10.0. The van der Waals surface area contributed by atoms with Crippen molar-refractivity contribution in [2.75, 3.05) is 6.54 Å². The highest BCUT2D eigenvalue weighted by atomic mass is 16.1. The number of carbonyl (C=O) groups is 1. The van der Waals surface area contributed by atoms with E-state index in [2.05, 4.69) is 11.4 Å². The van der Waals surface area contributed by atoms with Crippen LogP contribution < -0.4 is 11.1 Å². The first-order valence-corrected chi connectivity index (χ1v) is 7.26. The van der Waals surface area contributed by atoms with E-state index in [0.29, 0.717) is 12.5 Å². The molecule has 1 aliphatic carbocycles. The zero-order chi connectivity index (χ0) is 13.9. The summed E-state index contributed by atoms with van der Waals surface area (Å²) in [5.74, 6) is 0.425. The third kappa shape index (κ3) is 2.68. The summed E-state index contributed by atoms with van der Waals surface area (Å²) < 4.78 is 0. The van der Waals surface area contributed by atoms with E-state index in [1.54, 1.807) is 0 Å². The molecule has 1 fully saturated rings. The van der Waals surface area contributed by atoms with E-state index < -0.39 is 0 Å². The van der Waals surface area contributed by atoms with Crippen molar-refractivity contribution in [2.24, 2.45) is 11.7 Å². The molecule has 0 saturated heterocycles. The van der Waals surface area contributed by atoms with Gasteiger partial charge in [0.2, 0.25) is 0 Å². The van der Waals surface area contributed by atoms with Gasteiger partial charge >= 0.3 is 0 Å². The highest BCUT2D eigenvalue weighted by molar-refractivity contribution is 5.98. The average Bonchev–Trinajstić information content (AvgIpc) is 2.89. The molecule has 3 nitrogen and oxygen atoms in total. The molecule has 2 aromatic rings. The Hall–Kier alpha value is -1.87. The van der Waals surface area contributed by atoms with Gasteiger partial charge in [-0.2, -0.15) is 0 Å². The van der Waals surface area contributed by atoms with Crippen molar-refractivity contribution >= 4 is 16.7 Å². The number of benzene rings is 2. The van der Waals surface area contributed by atoms with Crippen LogP contribution in [0.1, 0.15) is 29.6 Å². The lowest BCUT2D eigenvalue weighted by molar-refractivity contribution is 0.0946. The maximum atomic E-state index is 12.2. The summed E-state index contributed by atoms with van der Waals surface area (Å²) in [7, 11) is 0. The second-order valence-corrected chi connectivity index (χ2v) is 5.63. The van der Waals surface area contributed by atoms with Crippen LogP contribution in [0.15, 0.2) is 42.5 Å². The summed E-state index contributed by atoms with van der Waals surface area (Å²) in [5.41, 5.74) is 6.74. The van der Waals surface area contributed by atoms with Crippen molar-refractivity contribution in [3.8, 4) is 0 Å². The van der Waals surface area contributed by atoms with Gasteiger partial charge in [0.1, 0.15) is 0 Å². The molecule has 2 atom stereocenters. The van der Waals surface area contributed by atoms with E-state index in [4.69, 9.17) is 5.73 Å². The predicted octanol–water partition coefficient (Wildman–Crippen LogP) is 2.70. The van der Waals surface area contributed by atoms with Crippen molar-refractivity contribution in [3.63, 3.8) is 0 Å². The Labute approximate surface area is 119 Å². The highest BCUT2D eigenvalue weighted by Crippen LogP contribution is 2.23. The monoisotopic (exact) mass is 268 g/mol. The van der Waals surface area contributed by atoms with Gasteiger partial charge in [-0.1, -0.05) is 36.8 Å². The SMILES string of the molecule is NC1CCCC1CNC(=O)c1ccc2ccccc2c1. The van der Waals surface area contributed by atoms with Crippen molar-refractivity contribution in [2.45, 2.75) is 25.3 Å². The molecule has 0 heterocycles. The quantitative estimate of drug-likeness (QED) is 0.899. The Bertz CT molecular complexity index is 623. The lowest BCUT2D eigenvalue weighted by Crippen LogP contribution is -2.35. The summed E-state index contributed by atoms with van der Waals surface area (Å²) in [6.45, 7) is 0.687. The molecule has 0 aromatic heterocycles. The summed E-state index contributed by atoms with van der Waals surface area (Å²) in [6, 6.07) is 14.1. The van der Waals surface area contributed by atoms with Gasteiger partial charge in [0.25, 0.3) is 5.91 Å². The highest BCUT2D eigenvalue weighted by Gasteiger charge is 2.24. The number of rotatable bonds is 3. The molecule has 1 amide bonds. The second-order valence-electron chi connectivity index (χ2n) is 5.63. The van der Waals surface area contributed by atoms with Gasteiger partial charge in [0.05, 0.1) is 0 Å². The number of carbonyl (C=O) groups excluding carboxylic acids is 1. The van der Waals surface area contributed by atoms with Crippen LogP contribution in [0, 0.1) is 5.92 Å². The minimum absolute atomic E-state index is 0.00477. The third-order valence-corrected chi connectivity index (χ3v) is 4.25. The second kappa shape index (κ2) is 5.63. The number of amides is 1. The molecule has 1 aliphatic rings. The Morgan fingerprint density at radius 3 is 2.70 bits per heavy atom. The van der Waals surface area contributed by atoms with Gasteiger partial charge in [0.15, 0.2) is 0 Å². The third-order valence-electron chi connectivity index (χ3n) is 4.25. The number of fused-ring (bicyclic) bond motifs is 1. The van der Waals surface area contributed by atoms with Crippen LogP contribution >= 0.6 is 0 Å². The van der Waals surface area contributed by atoms with Crippen molar-refractivity contribution in [1.82, 2.24) is 5.32 Å². The molecular formula is C17H20N2O. The molecule has 3 heteroatoms. The average molecular weight is 268 g/mol. The zero-order valence-corrected chi connectivity index (χ0v) is 11.5. The van der Waals surface area contributed by atoms with Crippen molar-refractivity contribution in [1.29, 1.82) is 0 Å². The van der Waals surface area contributed by atoms with Gasteiger partial charge in [-0.25, -0.2) is 0 Å². The largest absolute Gasteiger partial charge is 0.352 e. The van der Waals surface area contributed by atoms with Crippen LogP contribution in [0.25, 0.3) is 10.8 Å². The topological polar surface area (TPSA) is 55.1 Å². The number of hydrogen-bond acceptors (Lipinski definition) is 2. The summed E-state index contributed by atoms with van der Waals surface area (Å²) >= 11 is 0. The van der Waals surface area contributed by atoms with E-state index in [1.165, 1.54) is 6.42 Å². The molecule has 0 radical (unpaired) electrons. The van der Waals surface area contributed by atoms with Gasteiger partial charge in [-0.3, -0.25) is 4.79 Å². The van der Waals surface area contributed by atoms with Crippen LogP contribution in [0.5, 0.6) is 0 Å². The van der Waals surface area contributed by atoms with Crippen molar-refractivity contribution in [3.05, 3.63) is 48.0 Å². The van der Waals surface area contributed by atoms with Crippen LogP contribution in [0.4, 0.5) is 0 Å². The van der Waals surface area contributed by atoms with E-state index in [0.717, 1.165) is 29.2 Å². The summed E-state index contributed by atoms with van der Waals surface area (Å²) in [5, 5.41) is 5.27. The minimum Gasteiger partial charge on any atom is -0.352 e. The Morgan fingerprint density at radius 1 is 1.15 bits per heavy atom. The fourth-order valence-corrected chi connectivity index (χ4v) is 2.98. The molecular weight excluding hydrogens is 248 g/mol. The van der Waals surface area contributed by atoms with Gasteiger partial charge in [-0.05, 0) is 41.7 Å². The predicted molar refractivity (Wildman–Crippen MR) is 81.6 cm³/mol. The molecule has 1 saturated carbocycles. The van der Waals surface area contributed by atoms with Crippen molar-refractivity contribution < 1.29 is 4.79 Å². The molecule has 2 unspecified atom stereocenters. The first kappa shape index (κ1) is 13.1. The lowest BCUT2D eigenvalue weighted by Gasteiger charge is -2.16. The zero-order valence-electron chi connectivity index (χ0n) is 11.5. The minimum atomic E-state index is -0.00477. The molecule has 3 N–H and O–H groups in total. The molecule has 0 spiro atoms. The molecule has 20 heavy (non-hydrogen) atoms. The maximum Gasteiger partial charge on any atom is 0.251 e. The van der Waals surface area contributed by atoms with E-state index in [-0.39, 0.29) is 11.9 Å². The standard InChI is InChI=1S/C17H20N2O/c18-16-7-3-6-15(16)11-19-17(20)14-9-8-12-4-1-2-5-13(12)10-14/h1-2,4-5,8-10,15-16H,3,6-7,11,18H2,(H,19,20). The Morgan fingerprint density at radius 2 is 1.95 bits per heavy atom. The summed E-state index contributed by atoms with van der Waals surface area (Å²) in [4.78, 5) is 12.2. The fraction of sp³-hybridized carbons (Fsp3) is 0.353. The number of nitrogens with one attached hydrogen (secondary N) is 1. The normalized spacial score (nSPS) is 22.1. The molecule has 0 bridgehead atoms. The number of hydrogen-bond donors (Lipinski definition) is 2. The molecule has 3 rings (SSSR count). The fourth-order valence-electron chi connectivity index (χ4n) is 2.98. The van der Waals surface area contributed by atoms with E-state index >= 15 is 0 Å². The van der Waals surface area contributed by atoms with Crippen LogP contribution in [-0.4, -0.2) is 18.5 Å². The molecule has 104 valence electrons. The van der Waals surface area contributed by atoms with Gasteiger partial charge in [-0.15, -0.1) is 0 Å².